The van der Waals surface area contributed by atoms with Crippen LogP contribution in [0.5, 0.6) is 11.6 Å². The topological polar surface area (TPSA) is 60.0 Å². The molecule has 1 aromatic heterocycles. The Balaban J connectivity index is 1.67. The number of aromatic nitrogens is 2. The first-order valence-corrected chi connectivity index (χ1v) is 11.6. The standard InChI is InChI=1S/C25H36N4O3/c1-17-14-18(2)22(21(15-17)30-4)24-26-19(3)23(25(27-24)31-5)29(16-20-6-7-20)9-8-28-10-12-32-13-11-28/h14-15,20H,6-13,16H2,1-5H3. The molecule has 0 unspecified atom stereocenters. The number of benzene rings is 1. The maximum atomic E-state index is 5.83. The molecule has 2 fully saturated rings. The molecule has 0 radical (unpaired) electrons. The fourth-order valence-corrected chi connectivity index (χ4v) is 4.53. The van der Waals surface area contributed by atoms with Gasteiger partial charge in [-0.25, -0.2) is 4.98 Å². The van der Waals surface area contributed by atoms with E-state index < -0.39 is 0 Å². The molecule has 1 saturated heterocycles. The van der Waals surface area contributed by atoms with Crippen molar-refractivity contribution in [3.05, 3.63) is 29.0 Å². The summed E-state index contributed by atoms with van der Waals surface area (Å²) in [7, 11) is 3.39. The molecule has 32 heavy (non-hydrogen) atoms. The van der Waals surface area contributed by atoms with E-state index in [1.807, 2.05) is 6.07 Å². The molecular weight excluding hydrogens is 404 g/mol. The summed E-state index contributed by atoms with van der Waals surface area (Å²) in [6.45, 7) is 12.8. The van der Waals surface area contributed by atoms with Crippen LogP contribution in [0.2, 0.25) is 0 Å². The molecule has 7 heteroatoms. The third kappa shape index (κ3) is 5.15. The molecular formula is C25H36N4O3. The second kappa shape index (κ2) is 10.0. The predicted molar refractivity (Wildman–Crippen MR) is 127 cm³/mol. The Labute approximate surface area is 191 Å². The molecule has 2 aliphatic rings. The van der Waals surface area contributed by atoms with E-state index in [1.54, 1.807) is 14.2 Å². The van der Waals surface area contributed by atoms with E-state index in [2.05, 4.69) is 36.6 Å². The van der Waals surface area contributed by atoms with Crippen LogP contribution >= 0.6 is 0 Å². The van der Waals surface area contributed by atoms with E-state index in [0.717, 1.165) is 85.7 Å². The van der Waals surface area contributed by atoms with Crippen molar-refractivity contribution in [2.75, 3.05) is 65.1 Å². The van der Waals surface area contributed by atoms with Gasteiger partial charge in [0.05, 0.1) is 38.7 Å². The number of hydrogen-bond donors (Lipinski definition) is 0. The van der Waals surface area contributed by atoms with Crippen LogP contribution in [0, 0.1) is 26.7 Å². The first-order valence-electron chi connectivity index (χ1n) is 11.6. The number of hydrogen-bond acceptors (Lipinski definition) is 7. The molecule has 1 aliphatic carbocycles. The van der Waals surface area contributed by atoms with Gasteiger partial charge in [-0.1, -0.05) is 6.07 Å². The largest absolute Gasteiger partial charge is 0.496 e. The van der Waals surface area contributed by atoms with Crippen LogP contribution in [-0.4, -0.2) is 75.0 Å². The van der Waals surface area contributed by atoms with Gasteiger partial charge in [0.1, 0.15) is 11.4 Å². The van der Waals surface area contributed by atoms with E-state index >= 15 is 0 Å². The molecule has 4 rings (SSSR count). The smallest absolute Gasteiger partial charge is 0.241 e. The summed E-state index contributed by atoms with van der Waals surface area (Å²) in [6, 6.07) is 4.17. The van der Waals surface area contributed by atoms with Gasteiger partial charge in [0.25, 0.3) is 0 Å². The van der Waals surface area contributed by atoms with Gasteiger partial charge in [0.15, 0.2) is 5.82 Å². The summed E-state index contributed by atoms with van der Waals surface area (Å²) in [4.78, 5) is 14.7. The van der Waals surface area contributed by atoms with Crippen molar-refractivity contribution in [2.24, 2.45) is 5.92 Å². The Kier molecular flexibility index (Phi) is 7.16. The molecule has 1 aromatic carbocycles. The van der Waals surface area contributed by atoms with Gasteiger partial charge in [-0.3, -0.25) is 4.90 Å². The van der Waals surface area contributed by atoms with Crippen LogP contribution in [0.15, 0.2) is 12.1 Å². The lowest BCUT2D eigenvalue weighted by Crippen LogP contribution is -2.42. The highest BCUT2D eigenvalue weighted by atomic mass is 16.5. The minimum atomic E-state index is 0.636. The molecule has 0 bridgehead atoms. The van der Waals surface area contributed by atoms with Gasteiger partial charge >= 0.3 is 0 Å². The van der Waals surface area contributed by atoms with Crippen molar-refractivity contribution in [2.45, 2.75) is 33.6 Å². The Hall–Kier alpha value is -2.38. The zero-order valence-corrected chi connectivity index (χ0v) is 20.1. The first-order chi connectivity index (χ1) is 15.5. The Morgan fingerprint density at radius 1 is 1.06 bits per heavy atom. The molecule has 0 atom stereocenters. The monoisotopic (exact) mass is 440 g/mol. The first kappa shape index (κ1) is 22.8. The molecule has 1 aliphatic heterocycles. The number of ether oxygens (including phenoxy) is 3. The zero-order chi connectivity index (χ0) is 22.7. The van der Waals surface area contributed by atoms with Crippen LogP contribution in [-0.2, 0) is 4.74 Å². The van der Waals surface area contributed by atoms with Crippen molar-refractivity contribution >= 4 is 5.69 Å². The number of morpholine rings is 1. The lowest BCUT2D eigenvalue weighted by Gasteiger charge is -2.32. The van der Waals surface area contributed by atoms with Crippen molar-refractivity contribution < 1.29 is 14.2 Å². The zero-order valence-electron chi connectivity index (χ0n) is 20.1. The lowest BCUT2D eigenvalue weighted by atomic mass is 10.0. The highest BCUT2D eigenvalue weighted by Gasteiger charge is 2.29. The Morgan fingerprint density at radius 3 is 2.47 bits per heavy atom. The number of aryl methyl sites for hydroxylation is 3. The van der Waals surface area contributed by atoms with Crippen molar-refractivity contribution in [3.63, 3.8) is 0 Å². The maximum absolute atomic E-state index is 5.83. The summed E-state index contributed by atoms with van der Waals surface area (Å²) in [5, 5.41) is 0. The molecule has 0 spiro atoms. The molecule has 7 nitrogen and oxygen atoms in total. The molecule has 2 heterocycles. The average Bonchev–Trinajstić information content (AvgIpc) is 3.60. The van der Waals surface area contributed by atoms with E-state index in [9.17, 15) is 0 Å². The van der Waals surface area contributed by atoms with Gasteiger partial charge in [-0.2, -0.15) is 4.98 Å². The van der Waals surface area contributed by atoms with Gasteiger partial charge in [-0.15, -0.1) is 0 Å². The second-order valence-corrected chi connectivity index (χ2v) is 8.99. The molecule has 2 aromatic rings. The predicted octanol–water partition coefficient (Wildman–Crippen LogP) is 3.63. The van der Waals surface area contributed by atoms with Gasteiger partial charge in [-0.05, 0) is 56.7 Å². The lowest BCUT2D eigenvalue weighted by molar-refractivity contribution is 0.0391. The van der Waals surface area contributed by atoms with E-state index in [-0.39, 0.29) is 0 Å². The Bertz CT molecular complexity index is 939. The maximum Gasteiger partial charge on any atom is 0.241 e. The van der Waals surface area contributed by atoms with Gasteiger partial charge < -0.3 is 19.1 Å². The Morgan fingerprint density at radius 2 is 1.81 bits per heavy atom. The fraction of sp³-hybridized carbons (Fsp3) is 0.600. The van der Waals surface area contributed by atoms with E-state index in [4.69, 9.17) is 24.2 Å². The van der Waals surface area contributed by atoms with Crippen LogP contribution < -0.4 is 14.4 Å². The SMILES string of the molecule is COc1cc(C)cc(C)c1-c1nc(C)c(N(CCN2CCOCC2)CC2CC2)c(OC)n1. The summed E-state index contributed by atoms with van der Waals surface area (Å²) in [5.41, 5.74) is 5.13. The molecule has 0 amide bonds. The van der Waals surface area contributed by atoms with E-state index in [0.29, 0.717) is 11.7 Å². The van der Waals surface area contributed by atoms with Crippen molar-refractivity contribution in [3.8, 4) is 23.0 Å². The molecule has 174 valence electrons. The van der Waals surface area contributed by atoms with Crippen molar-refractivity contribution in [1.82, 2.24) is 14.9 Å². The van der Waals surface area contributed by atoms with Crippen LogP contribution in [0.25, 0.3) is 11.4 Å². The number of nitrogens with zero attached hydrogens (tertiary/aromatic N) is 4. The van der Waals surface area contributed by atoms with Crippen molar-refractivity contribution in [1.29, 1.82) is 0 Å². The fourth-order valence-electron chi connectivity index (χ4n) is 4.53. The summed E-state index contributed by atoms with van der Waals surface area (Å²) in [5.74, 6) is 2.83. The van der Waals surface area contributed by atoms with Crippen LogP contribution in [0.4, 0.5) is 5.69 Å². The van der Waals surface area contributed by atoms with Gasteiger partial charge in [0.2, 0.25) is 5.88 Å². The third-order valence-electron chi connectivity index (χ3n) is 6.39. The highest BCUT2D eigenvalue weighted by molar-refractivity contribution is 5.72. The van der Waals surface area contributed by atoms with Crippen LogP contribution in [0.1, 0.15) is 29.7 Å². The summed E-state index contributed by atoms with van der Waals surface area (Å²) in [6.07, 6.45) is 2.60. The van der Waals surface area contributed by atoms with Crippen LogP contribution in [0.3, 0.4) is 0 Å². The summed E-state index contributed by atoms with van der Waals surface area (Å²) >= 11 is 0. The second-order valence-electron chi connectivity index (χ2n) is 8.99. The minimum absolute atomic E-state index is 0.636. The number of anilines is 1. The average molecular weight is 441 g/mol. The summed E-state index contributed by atoms with van der Waals surface area (Å²) < 4.78 is 17.0. The quantitative estimate of drug-likeness (QED) is 0.590. The normalized spacial score (nSPS) is 16.8. The molecule has 0 N–H and O–H groups in total. The van der Waals surface area contributed by atoms with Gasteiger partial charge in [0, 0.05) is 32.7 Å². The minimum Gasteiger partial charge on any atom is -0.496 e. The molecule has 1 saturated carbocycles. The third-order valence-corrected chi connectivity index (χ3v) is 6.39. The highest BCUT2D eigenvalue weighted by Crippen LogP contribution is 2.39. The van der Waals surface area contributed by atoms with E-state index in [1.165, 1.54) is 12.8 Å². The number of methoxy groups -OCH3 is 2. The number of rotatable bonds is 9.